The first kappa shape index (κ1) is 24.7. The van der Waals surface area contributed by atoms with Crippen molar-refractivity contribution in [3.8, 4) is 5.75 Å². The Kier molecular flexibility index (Phi) is 8.92. The monoisotopic (exact) mass is 462 g/mol. The smallest absolute Gasteiger partial charge is 0.409 e. The Morgan fingerprint density at radius 3 is 2.52 bits per heavy atom. The van der Waals surface area contributed by atoms with E-state index >= 15 is 0 Å². The molecule has 0 radical (unpaired) electrons. The highest BCUT2D eigenvalue weighted by Gasteiger charge is 2.18. The van der Waals surface area contributed by atoms with Gasteiger partial charge in [-0.1, -0.05) is 18.2 Å². The van der Waals surface area contributed by atoms with Crippen LogP contribution in [0.5, 0.6) is 5.75 Å². The molecule has 2 heterocycles. The number of aryl methyl sites for hydroxylation is 1. The molecule has 4 rings (SSSR count). The quantitative estimate of drug-likeness (QED) is 0.614. The van der Waals surface area contributed by atoms with Crippen molar-refractivity contribution in [1.29, 1.82) is 0 Å². The fraction of sp³-hybridized carbons (Fsp3) is 0.304. The van der Waals surface area contributed by atoms with E-state index < -0.39 is 6.09 Å². The van der Waals surface area contributed by atoms with Crippen LogP contribution < -0.4 is 15.4 Å². The number of hydrogen-bond donors (Lipinski definition) is 1. The lowest BCUT2D eigenvalue weighted by Crippen LogP contribution is -2.47. The van der Waals surface area contributed by atoms with Gasteiger partial charge in [0, 0.05) is 49.5 Å². The number of carbonyl (C=O) groups excluding carboxylic acids is 1. The van der Waals surface area contributed by atoms with Crippen molar-refractivity contribution in [3.05, 3.63) is 65.9 Å². The zero-order chi connectivity index (χ0) is 20.2. The van der Waals surface area contributed by atoms with Crippen LogP contribution in [0.4, 0.5) is 10.5 Å². The van der Waals surface area contributed by atoms with Crippen molar-refractivity contribution in [3.63, 3.8) is 0 Å². The molecule has 0 aliphatic carbocycles. The second-order valence-electron chi connectivity index (χ2n) is 7.44. The zero-order valence-corrected chi connectivity index (χ0v) is 19.1. The number of primary amides is 1. The number of fused-ring (bicyclic) bond motifs is 1. The molecule has 2 N–H and O–H groups in total. The van der Waals surface area contributed by atoms with Crippen LogP contribution >= 0.6 is 24.8 Å². The van der Waals surface area contributed by atoms with E-state index in [1.165, 1.54) is 11.1 Å². The van der Waals surface area contributed by atoms with Gasteiger partial charge in [-0.3, -0.25) is 9.88 Å². The number of amides is 1. The summed E-state index contributed by atoms with van der Waals surface area (Å²) < 4.78 is 4.97. The first-order valence-electron chi connectivity index (χ1n) is 9.98. The van der Waals surface area contributed by atoms with Crippen molar-refractivity contribution in [2.24, 2.45) is 5.73 Å². The molecule has 1 aliphatic rings. The molecule has 8 heteroatoms. The Morgan fingerprint density at radius 2 is 1.77 bits per heavy atom. The van der Waals surface area contributed by atoms with Crippen LogP contribution in [-0.4, -0.2) is 48.7 Å². The van der Waals surface area contributed by atoms with Gasteiger partial charge in [-0.15, -0.1) is 24.8 Å². The molecule has 0 bridgehead atoms. The number of hydrogen-bond acceptors (Lipinski definition) is 5. The molecule has 1 amide bonds. The van der Waals surface area contributed by atoms with E-state index in [0.717, 1.165) is 55.9 Å². The summed E-state index contributed by atoms with van der Waals surface area (Å²) in [4.78, 5) is 20.5. The van der Waals surface area contributed by atoms with E-state index in [2.05, 4.69) is 51.2 Å². The number of anilines is 1. The summed E-state index contributed by atoms with van der Waals surface area (Å²) in [6.45, 7) is 7.04. The number of rotatable bonds is 5. The second kappa shape index (κ2) is 11.2. The summed E-state index contributed by atoms with van der Waals surface area (Å²) in [6.07, 6.45) is 0.130. The number of piperazine rings is 1. The van der Waals surface area contributed by atoms with Gasteiger partial charge < -0.3 is 15.4 Å². The topological polar surface area (TPSA) is 71.7 Å². The van der Waals surface area contributed by atoms with E-state index in [9.17, 15) is 4.79 Å². The van der Waals surface area contributed by atoms with Crippen LogP contribution in [0, 0.1) is 6.92 Å². The van der Waals surface area contributed by atoms with Gasteiger partial charge in [0.2, 0.25) is 0 Å². The van der Waals surface area contributed by atoms with Crippen molar-refractivity contribution in [1.82, 2.24) is 9.88 Å². The molecule has 1 fully saturated rings. The number of aromatic nitrogens is 1. The second-order valence-corrected chi connectivity index (χ2v) is 7.44. The van der Waals surface area contributed by atoms with Gasteiger partial charge >= 0.3 is 6.09 Å². The van der Waals surface area contributed by atoms with Gasteiger partial charge in [-0.05, 0) is 55.3 Å². The maximum absolute atomic E-state index is 10.9. The highest BCUT2D eigenvalue weighted by Crippen LogP contribution is 2.27. The van der Waals surface area contributed by atoms with Crippen LogP contribution in [0.25, 0.3) is 10.9 Å². The van der Waals surface area contributed by atoms with Crippen molar-refractivity contribution in [2.45, 2.75) is 13.3 Å². The summed E-state index contributed by atoms with van der Waals surface area (Å²) in [5, 5.41) is 1.22. The molecule has 3 aromatic rings. The van der Waals surface area contributed by atoms with Crippen molar-refractivity contribution in [2.75, 3.05) is 37.6 Å². The van der Waals surface area contributed by atoms with Crippen LogP contribution in [0.15, 0.2) is 54.6 Å². The van der Waals surface area contributed by atoms with Crippen molar-refractivity contribution >= 4 is 47.5 Å². The van der Waals surface area contributed by atoms with Gasteiger partial charge in [-0.2, -0.15) is 0 Å². The lowest BCUT2D eigenvalue weighted by molar-refractivity contribution is 0.211. The predicted molar refractivity (Wildman–Crippen MR) is 130 cm³/mol. The first-order valence-corrected chi connectivity index (χ1v) is 9.98. The summed E-state index contributed by atoms with van der Waals surface area (Å²) in [6, 6.07) is 18.2. The zero-order valence-electron chi connectivity index (χ0n) is 17.5. The van der Waals surface area contributed by atoms with Gasteiger partial charge in [-0.25, -0.2) is 4.79 Å². The molecule has 2 aromatic carbocycles. The molecule has 1 aromatic heterocycles. The van der Waals surface area contributed by atoms with Gasteiger partial charge in [0.1, 0.15) is 5.75 Å². The van der Waals surface area contributed by atoms with Gasteiger partial charge in [0.15, 0.2) is 0 Å². The highest BCUT2D eigenvalue weighted by molar-refractivity contribution is 5.92. The van der Waals surface area contributed by atoms with E-state index in [0.29, 0.717) is 5.75 Å². The van der Waals surface area contributed by atoms with E-state index in [1.54, 1.807) is 6.07 Å². The number of halogens is 2. The van der Waals surface area contributed by atoms with Crippen LogP contribution in [0.3, 0.4) is 0 Å². The molecule has 6 nitrogen and oxygen atoms in total. The number of nitrogens with zero attached hydrogens (tertiary/aromatic N) is 3. The third kappa shape index (κ3) is 6.23. The molecular weight excluding hydrogens is 435 g/mol. The maximum atomic E-state index is 10.9. The number of pyridine rings is 1. The summed E-state index contributed by atoms with van der Waals surface area (Å²) >= 11 is 0. The summed E-state index contributed by atoms with van der Waals surface area (Å²) in [5.41, 5.74) is 9.60. The van der Waals surface area contributed by atoms with Crippen molar-refractivity contribution < 1.29 is 9.53 Å². The third-order valence-electron chi connectivity index (χ3n) is 5.39. The van der Waals surface area contributed by atoms with Crippen LogP contribution in [0.2, 0.25) is 0 Å². The van der Waals surface area contributed by atoms with E-state index in [4.69, 9.17) is 10.5 Å². The van der Waals surface area contributed by atoms with Gasteiger partial charge in [0.05, 0.1) is 5.52 Å². The molecule has 1 saturated heterocycles. The van der Waals surface area contributed by atoms with E-state index in [1.807, 2.05) is 19.1 Å². The number of ether oxygens (including phenoxy) is 1. The summed E-state index contributed by atoms with van der Waals surface area (Å²) in [7, 11) is 0. The van der Waals surface area contributed by atoms with Crippen LogP contribution in [0.1, 0.15) is 11.3 Å². The van der Waals surface area contributed by atoms with E-state index in [-0.39, 0.29) is 24.8 Å². The first-order chi connectivity index (χ1) is 14.1. The molecule has 0 unspecified atom stereocenters. The Morgan fingerprint density at radius 1 is 1.03 bits per heavy atom. The van der Waals surface area contributed by atoms with Gasteiger partial charge in [0.25, 0.3) is 0 Å². The number of benzene rings is 2. The molecule has 0 spiro atoms. The minimum absolute atomic E-state index is 0. The summed E-state index contributed by atoms with van der Waals surface area (Å²) in [5.74, 6) is 0.500. The van der Waals surface area contributed by atoms with Crippen LogP contribution in [-0.2, 0) is 6.42 Å². The Bertz CT molecular complexity index is 1020. The molecule has 0 atom stereocenters. The number of nitrogens with two attached hydrogens (primary N) is 1. The highest BCUT2D eigenvalue weighted by atomic mass is 35.5. The normalized spacial score (nSPS) is 13.9. The predicted octanol–water partition coefficient (Wildman–Crippen LogP) is 4.21. The average molecular weight is 463 g/mol. The SMILES string of the molecule is Cc1ccc2c(N3CCN(CCc4cccc(OC(N)=O)c4)CC3)cccc2n1.Cl.Cl. The molecule has 1 aliphatic heterocycles. The molecule has 0 saturated carbocycles. The minimum atomic E-state index is -0.780. The lowest BCUT2D eigenvalue weighted by Gasteiger charge is -2.36. The lowest BCUT2D eigenvalue weighted by atomic mass is 10.1. The minimum Gasteiger partial charge on any atom is -0.410 e. The third-order valence-corrected chi connectivity index (χ3v) is 5.39. The largest absolute Gasteiger partial charge is 0.410 e. The molecular formula is C23H28Cl2N4O2. The average Bonchev–Trinajstić information content (AvgIpc) is 2.72. The maximum Gasteiger partial charge on any atom is 0.409 e. The molecule has 31 heavy (non-hydrogen) atoms. The number of carbonyl (C=O) groups is 1. The standard InChI is InChI=1S/C23H26N4O2.2ClH/c1-17-8-9-20-21(25-17)6-3-7-22(20)27-14-12-26(13-15-27)11-10-18-4-2-5-19(16-18)29-23(24)28;;/h2-9,16H,10-15H2,1H3,(H2,24,28);2*1H. The fourth-order valence-electron chi connectivity index (χ4n) is 3.90. The Hall–Kier alpha value is -2.54. The fourth-order valence-corrected chi connectivity index (χ4v) is 3.90. The Labute approximate surface area is 195 Å². The Balaban J connectivity index is 0.00000171. The molecule has 166 valence electrons.